The van der Waals surface area contributed by atoms with Crippen molar-refractivity contribution in [2.75, 3.05) is 27.3 Å². The summed E-state index contributed by atoms with van der Waals surface area (Å²) in [6.07, 6.45) is -0.562. The zero-order valence-electron chi connectivity index (χ0n) is 23.0. The molecule has 11 heteroatoms. The standard InChI is InChI=1S/C29H33ClN4O6/c1-16(2)27-31-32-28-23(15-24(35)33-12-10-17(11-13-33)29(36)37)40-25(19-6-5-7-22(38-3)26(19)39-4)20-14-18(30)8-9-21(20)34(27)28/h5-9,14,16-17,23,25H,10-13,15H2,1-4H3,(H,36,37). The van der Waals surface area contributed by atoms with Crippen LogP contribution in [0.3, 0.4) is 0 Å². The molecule has 5 rings (SSSR count). The van der Waals surface area contributed by atoms with Gasteiger partial charge in [-0.15, -0.1) is 10.2 Å². The van der Waals surface area contributed by atoms with Gasteiger partial charge in [-0.05, 0) is 37.1 Å². The zero-order chi connectivity index (χ0) is 28.6. The number of nitrogens with zero attached hydrogens (tertiary/aromatic N) is 4. The molecule has 3 heterocycles. The van der Waals surface area contributed by atoms with E-state index >= 15 is 0 Å². The number of methoxy groups -OCH3 is 2. The van der Waals surface area contributed by atoms with Crippen LogP contribution >= 0.6 is 11.6 Å². The lowest BCUT2D eigenvalue weighted by Crippen LogP contribution is -2.41. The number of carboxylic acid groups (broad SMARTS) is 1. The Morgan fingerprint density at radius 3 is 2.50 bits per heavy atom. The summed E-state index contributed by atoms with van der Waals surface area (Å²) in [6.45, 7) is 4.84. The van der Waals surface area contributed by atoms with Crippen molar-refractivity contribution in [1.82, 2.24) is 19.7 Å². The molecule has 2 aliphatic heterocycles. The fraction of sp³-hybridized carbons (Fsp3) is 0.448. The number of carbonyl (C=O) groups excluding carboxylic acids is 1. The molecule has 2 unspecified atom stereocenters. The molecule has 40 heavy (non-hydrogen) atoms. The molecule has 1 N–H and O–H groups in total. The molecule has 1 fully saturated rings. The average Bonchev–Trinajstić information content (AvgIpc) is 3.35. The first-order valence-corrected chi connectivity index (χ1v) is 13.7. The third-order valence-electron chi connectivity index (χ3n) is 7.60. The van der Waals surface area contributed by atoms with Crippen molar-refractivity contribution in [3.63, 3.8) is 0 Å². The second kappa shape index (κ2) is 11.5. The third-order valence-corrected chi connectivity index (χ3v) is 7.84. The Hall–Kier alpha value is -3.63. The molecule has 1 aromatic heterocycles. The van der Waals surface area contributed by atoms with Gasteiger partial charge in [-0.1, -0.05) is 37.6 Å². The van der Waals surface area contributed by atoms with Crippen LogP contribution in [0.4, 0.5) is 0 Å². The molecular weight excluding hydrogens is 536 g/mol. The first kappa shape index (κ1) is 27.9. The summed E-state index contributed by atoms with van der Waals surface area (Å²) in [4.78, 5) is 26.7. The SMILES string of the molecule is COc1cccc(C2OC(CC(=O)N3CCC(C(=O)O)CC3)c3nnc(C(C)C)n3-c3ccc(Cl)cc32)c1OC. The number of hydrogen-bond acceptors (Lipinski definition) is 7. The van der Waals surface area contributed by atoms with Crippen LogP contribution < -0.4 is 9.47 Å². The maximum atomic E-state index is 13.6. The van der Waals surface area contributed by atoms with E-state index < -0.39 is 24.1 Å². The Kier molecular flexibility index (Phi) is 8.00. The lowest BCUT2D eigenvalue weighted by atomic mass is 9.96. The molecule has 1 amide bonds. The minimum absolute atomic E-state index is 0.0124. The average molecular weight is 569 g/mol. The van der Waals surface area contributed by atoms with Gasteiger partial charge in [0.1, 0.15) is 18.0 Å². The molecule has 0 aliphatic carbocycles. The van der Waals surface area contributed by atoms with Crippen LogP contribution in [0.1, 0.15) is 74.0 Å². The number of hydrogen-bond donors (Lipinski definition) is 1. The van der Waals surface area contributed by atoms with Gasteiger partial charge >= 0.3 is 5.97 Å². The Morgan fingerprint density at radius 1 is 1.10 bits per heavy atom. The van der Waals surface area contributed by atoms with Crippen LogP contribution in [-0.2, 0) is 14.3 Å². The second-order valence-electron chi connectivity index (χ2n) is 10.4. The molecule has 1 saturated heterocycles. The predicted octanol–water partition coefficient (Wildman–Crippen LogP) is 4.94. The topological polar surface area (TPSA) is 116 Å². The van der Waals surface area contributed by atoms with Crippen molar-refractivity contribution in [2.24, 2.45) is 5.92 Å². The van der Waals surface area contributed by atoms with E-state index in [0.29, 0.717) is 48.3 Å². The molecule has 0 radical (unpaired) electrons. The van der Waals surface area contributed by atoms with E-state index in [-0.39, 0.29) is 18.2 Å². The molecule has 2 atom stereocenters. The van der Waals surface area contributed by atoms with Crippen molar-refractivity contribution in [3.05, 3.63) is 64.2 Å². The van der Waals surface area contributed by atoms with Crippen LogP contribution in [0, 0.1) is 5.92 Å². The number of para-hydroxylation sites is 1. The maximum absolute atomic E-state index is 13.6. The highest BCUT2D eigenvalue weighted by molar-refractivity contribution is 6.30. The molecule has 3 aromatic rings. The van der Waals surface area contributed by atoms with Gasteiger partial charge in [-0.25, -0.2) is 0 Å². The van der Waals surface area contributed by atoms with Crippen LogP contribution in [0.5, 0.6) is 11.5 Å². The number of ether oxygens (including phenoxy) is 3. The van der Waals surface area contributed by atoms with Crippen molar-refractivity contribution in [1.29, 1.82) is 0 Å². The maximum Gasteiger partial charge on any atom is 0.306 e. The largest absolute Gasteiger partial charge is 0.493 e. The molecule has 0 bridgehead atoms. The zero-order valence-corrected chi connectivity index (χ0v) is 23.7. The first-order chi connectivity index (χ1) is 19.2. The van der Waals surface area contributed by atoms with E-state index in [0.717, 1.165) is 22.6 Å². The summed E-state index contributed by atoms with van der Waals surface area (Å²) in [5.41, 5.74) is 2.30. The van der Waals surface area contributed by atoms with Crippen molar-refractivity contribution in [2.45, 2.75) is 51.2 Å². The third kappa shape index (κ3) is 5.13. The van der Waals surface area contributed by atoms with Gasteiger partial charge in [0.2, 0.25) is 5.91 Å². The highest BCUT2D eigenvalue weighted by Gasteiger charge is 2.38. The highest BCUT2D eigenvalue weighted by Crippen LogP contribution is 2.46. The number of aromatic nitrogens is 3. The second-order valence-corrected chi connectivity index (χ2v) is 10.8. The molecular formula is C29H33ClN4O6. The summed E-state index contributed by atoms with van der Waals surface area (Å²) >= 11 is 6.52. The Bertz CT molecular complexity index is 1420. The number of halogens is 1. The molecule has 2 aromatic carbocycles. The van der Waals surface area contributed by atoms with Crippen LogP contribution in [0.25, 0.3) is 5.69 Å². The Balaban J connectivity index is 1.60. The summed E-state index contributed by atoms with van der Waals surface area (Å²) in [7, 11) is 3.15. The fourth-order valence-corrected chi connectivity index (χ4v) is 5.72. The molecule has 2 aliphatic rings. The first-order valence-electron chi connectivity index (χ1n) is 13.3. The molecule has 10 nitrogen and oxygen atoms in total. The normalized spacial score (nSPS) is 19.1. The van der Waals surface area contributed by atoms with E-state index in [1.54, 1.807) is 19.1 Å². The minimum atomic E-state index is -0.819. The number of piperidine rings is 1. The molecule has 0 spiro atoms. The van der Waals surface area contributed by atoms with Crippen molar-refractivity contribution < 1.29 is 28.9 Å². The monoisotopic (exact) mass is 568 g/mol. The van der Waals surface area contributed by atoms with Gasteiger partial charge in [-0.2, -0.15) is 0 Å². The number of carbonyl (C=O) groups is 2. The van der Waals surface area contributed by atoms with Gasteiger partial charge in [0.05, 0.1) is 32.2 Å². The number of likely N-dealkylation sites (tertiary alicyclic amines) is 1. The van der Waals surface area contributed by atoms with Crippen LogP contribution in [0.2, 0.25) is 5.02 Å². The number of benzene rings is 2. The Labute approximate surface area is 237 Å². The summed E-state index contributed by atoms with van der Waals surface area (Å²) in [5.74, 6) is 0.981. The van der Waals surface area contributed by atoms with Gasteiger partial charge in [0, 0.05) is 35.2 Å². The smallest absolute Gasteiger partial charge is 0.306 e. The highest BCUT2D eigenvalue weighted by atomic mass is 35.5. The van der Waals surface area contributed by atoms with Gasteiger partial charge in [-0.3, -0.25) is 14.2 Å². The number of amides is 1. The van der Waals surface area contributed by atoms with Crippen LogP contribution in [-0.4, -0.2) is 64.0 Å². The fourth-order valence-electron chi connectivity index (χ4n) is 5.54. The molecule has 0 saturated carbocycles. The van der Waals surface area contributed by atoms with Crippen molar-refractivity contribution in [3.8, 4) is 17.2 Å². The molecule has 212 valence electrons. The van der Waals surface area contributed by atoms with Gasteiger partial charge in [0.25, 0.3) is 0 Å². The lowest BCUT2D eigenvalue weighted by molar-refractivity contribution is -0.146. The number of aliphatic carboxylic acids is 1. The van der Waals surface area contributed by atoms with Crippen LogP contribution in [0.15, 0.2) is 36.4 Å². The summed E-state index contributed by atoms with van der Waals surface area (Å²) in [6, 6.07) is 11.2. The van der Waals surface area contributed by atoms with E-state index in [4.69, 9.17) is 25.8 Å². The van der Waals surface area contributed by atoms with E-state index in [1.165, 1.54) is 0 Å². The predicted molar refractivity (Wildman–Crippen MR) is 147 cm³/mol. The van der Waals surface area contributed by atoms with E-state index in [9.17, 15) is 14.7 Å². The lowest BCUT2D eigenvalue weighted by Gasteiger charge is -2.31. The number of carboxylic acids is 1. The van der Waals surface area contributed by atoms with E-state index in [2.05, 4.69) is 10.2 Å². The van der Waals surface area contributed by atoms with Crippen molar-refractivity contribution >= 4 is 23.5 Å². The Morgan fingerprint density at radius 2 is 1.85 bits per heavy atom. The van der Waals surface area contributed by atoms with Gasteiger partial charge in [0.15, 0.2) is 17.3 Å². The van der Waals surface area contributed by atoms with E-state index in [1.807, 2.05) is 54.8 Å². The summed E-state index contributed by atoms with van der Waals surface area (Å²) < 4.78 is 20.1. The minimum Gasteiger partial charge on any atom is -0.493 e. The number of fused-ring (bicyclic) bond motifs is 3. The summed E-state index contributed by atoms with van der Waals surface area (Å²) in [5, 5.41) is 18.9. The van der Waals surface area contributed by atoms with Gasteiger partial charge < -0.3 is 24.2 Å². The quantitative estimate of drug-likeness (QED) is 0.426. The number of rotatable bonds is 7.